The van der Waals surface area contributed by atoms with Crippen molar-refractivity contribution >= 4 is 21.8 Å². The van der Waals surface area contributed by atoms with Gasteiger partial charge in [0.05, 0.1) is 4.90 Å². The van der Waals surface area contributed by atoms with E-state index in [0.29, 0.717) is 19.5 Å². The van der Waals surface area contributed by atoms with E-state index in [2.05, 4.69) is 10.3 Å². The third-order valence-electron chi connectivity index (χ3n) is 3.76. The number of sulfonamides is 1. The van der Waals surface area contributed by atoms with Crippen molar-refractivity contribution in [1.82, 2.24) is 9.29 Å². The molecular weight excluding hydrogens is 318 g/mol. The van der Waals surface area contributed by atoms with Crippen LogP contribution in [0.1, 0.15) is 33.1 Å². The number of anilines is 1. The lowest BCUT2D eigenvalue weighted by molar-refractivity contribution is -0.138. The summed E-state index contributed by atoms with van der Waals surface area (Å²) in [5.74, 6) is -0.522. The molecule has 1 fully saturated rings. The molecule has 1 saturated heterocycles. The Hall–Kier alpha value is -1.67. The number of rotatable bonds is 7. The second-order valence-corrected chi connectivity index (χ2v) is 8.09. The summed E-state index contributed by atoms with van der Waals surface area (Å²) < 4.78 is 26.5. The number of aliphatic carboxylic acids is 1. The fourth-order valence-corrected chi connectivity index (χ4v) is 4.13. The molecule has 2 heterocycles. The number of carboxylic acids is 1. The Morgan fingerprint density at radius 3 is 2.61 bits per heavy atom. The average Bonchev–Trinajstić information content (AvgIpc) is 3.01. The molecule has 8 heteroatoms. The number of carboxylic acid groups (broad SMARTS) is 1. The molecule has 0 spiro atoms. The van der Waals surface area contributed by atoms with Crippen molar-refractivity contribution in [2.75, 3.05) is 18.4 Å². The van der Waals surface area contributed by atoms with Gasteiger partial charge in [-0.25, -0.2) is 18.2 Å². The molecule has 1 aliphatic rings. The van der Waals surface area contributed by atoms with Gasteiger partial charge in [0.25, 0.3) is 0 Å². The van der Waals surface area contributed by atoms with E-state index in [9.17, 15) is 18.3 Å². The minimum atomic E-state index is -3.53. The maximum Gasteiger partial charge on any atom is 0.326 e. The molecule has 0 unspecified atom stereocenters. The summed E-state index contributed by atoms with van der Waals surface area (Å²) in [5.41, 5.74) is 0. The van der Waals surface area contributed by atoms with Crippen LogP contribution in [-0.2, 0) is 14.8 Å². The van der Waals surface area contributed by atoms with Gasteiger partial charge < -0.3 is 10.4 Å². The number of aromatic nitrogens is 1. The molecule has 0 bridgehead atoms. The summed E-state index contributed by atoms with van der Waals surface area (Å²) in [5, 5.41) is 12.1. The largest absolute Gasteiger partial charge is 0.480 e. The van der Waals surface area contributed by atoms with E-state index in [1.807, 2.05) is 13.8 Å². The Kier molecular flexibility index (Phi) is 5.59. The molecule has 128 valence electrons. The summed E-state index contributed by atoms with van der Waals surface area (Å²) in [7, 11) is -3.53. The Bertz CT molecular complexity index is 654. The highest BCUT2D eigenvalue weighted by Gasteiger charge is 2.28. The Balaban J connectivity index is 2.20. The van der Waals surface area contributed by atoms with Crippen LogP contribution >= 0.6 is 0 Å². The summed E-state index contributed by atoms with van der Waals surface area (Å²) in [6.45, 7) is 4.91. The fourth-order valence-electron chi connectivity index (χ4n) is 2.60. The van der Waals surface area contributed by atoms with E-state index in [1.54, 1.807) is 0 Å². The van der Waals surface area contributed by atoms with Gasteiger partial charge in [-0.05, 0) is 31.2 Å². The number of nitrogens with one attached hydrogen (secondary N) is 1. The van der Waals surface area contributed by atoms with Crippen molar-refractivity contribution < 1.29 is 18.3 Å². The highest BCUT2D eigenvalue weighted by molar-refractivity contribution is 7.89. The average molecular weight is 341 g/mol. The summed E-state index contributed by atoms with van der Waals surface area (Å²) >= 11 is 0. The monoisotopic (exact) mass is 341 g/mol. The molecule has 7 nitrogen and oxygen atoms in total. The Labute approximate surface area is 136 Å². The van der Waals surface area contributed by atoms with Gasteiger partial charge in [-0.1, -0.05) is 13.8 Å². The highest BCUT2D eigenvalue weighted by atomic mass is 32.2. The molecule has 1 aliphatic heterocycles. The molecule has 1 aromatic heterocycles. The van der Waals surface area contributed by atoms with Crippen LogP contribution in [0, 0.1) is 5.92 Å². The second-order valence-electron chi connectivity index (χ2n) is 6.15. The molecule has 0 aromatic carbocycles. The van der Waals surface area contributed by atoms with Crippen molar-refractivity contribution in [2.24, 2.45) is 5.92 Å². The lowest BCUT2D eigenvalue weighted by atomic mass is 10.0. The van der Waals surface area contributed by atoms with E-state index in [4.69, 9.17) is 0 Å². The van der Waals surface area contributed by atoms with Gasteiger partial charge >= 0.3 is 5.97 Å². The lowest BCUT2D eigenvalue weighted by Crippen LogP contribution is -2.31. The summed E-state index contributed by atoms with van der Waals surface area (Å²) in [4.78, 5) is 15.5. The van der Waals surface area contributed by atoms with E-state index in [0.717, 1.165) is 12.8 Å². The van der Waals surface area contributed by atoms with Crippen molar-refractivity contribution in [1.29, 1.82) is 0 Å². The van der Waals surface area contributed by atoms with E-state index >= 15 is 0 Å². The minimum Gasteiger partial charge on any atom is -0.480 e. The van der Waals surface area contributed by atoms with Crippen LogP contribution in [0.4, 0.5) is 5.82 Å². The molecule has 0 amide bonds. The summed E-state index contributed by atoms with van der Waals surface area (Å²) in [6, 6.07) is 2.05. The summed E-state index contributed by atoms with van der Waals surface area (Å²) in [6.07, 6.45) is 3.55. The molecular formula is C15H23N3O4S. The van der Waals surface area contributed by atoms with E-state index < -0.39 is 22.0 Å². The molecule has 0 aliphatic carbocycles. The molecule has 23 heavy (non-hydrogen) atoms. The van der Waals surface area contributed by atoms with Crippen molar-refractivity contribution in [3.05, 3.63) is 18.3 Å². The zero-order valence-corrected chi connectivity index (χ0v) is 14.2. The zero-order valence-electron chi connectivity index (χ0n) is 13.4. The van der Waals surface area contributed by atoms with Crippen LogP contribution < -0.4 is 5.32 Å². The maximum atomic E-state index is 12.5. The normalized spacial score (nSPS) is 17.3. The molecule has 2 N–H and O–H groups in total. The van der Waals surface area contributed by atoms with Crippen molar-refractivity contribution in [3.8, 4) is 0 Å². The lowest BCUT2D eigenvalue weighted by Gasteiger charge is -2.19. The maximum absolute atomic E-state index is 12.5. The predicted octanol–water partition coefficient (Wildman–Crippen LogP) is 1.78. The first-order chi connectivity index (χ1) is 10.8. The smallest absolute Gasteiger partial charge is 0.326 e. The number of hydrogen-bond donors (Lipinski definition) is 2. The van der Waals surface area contributed by atoms with Crippen LogP contribution in [0.5, 0.6) is 0 Å². The second kappa shape index (κ2) is 7.27. The minimum absolute atomic E-state index is 0.144. The van der Waals surface area contributed by atoms with Crippen molar-refractivity contribution in [3.63, 3.8) is 0 Å². The van der Waals surface area contributed by atoms with Gasteiger partial charge in [0.15, 0.2) is 0 Å². The van der Waals surface area contributed by atoms with Gasteiger partial charge in [0, 0.05) is 25.4 Å². The third-order valence-corrected chi connectivity index (χ3v) is 5.66. The van der Waals surface area contributed by atoms with Gasteiger partial charge in [0.2, 0.25) is 10.0 Å². The molecule has 1 atom stereocenters. The van der Waals surface area contributed by atoms with Gasteiger partial charge in [-0.2, -0.15) is 4.31 Å². The van der Waals surface area contributed by atoms with Crippen LogP contribution in [-0.4, -0.2) is 47.9 Å². The van der Waals surface area contributed by atoms with Crippen LogP contribution in [0.15, 0.2) is 23.2 Å². The SMILES string of the molecule is CC(C)C[C@H](Nc1cc(S(=O)(=O)N2CCCC2)ccn1)C(=O)O. The van der Waals surface area contributed by atoms with Crippen LogP contribution in [0.25, 0.3) is 0 Å². The topological polar surface area (TPSA) is 99.6 Å². The van der Waals surface area contributed by atoms with Gasteiger partial charge in [0.1, 0.15) is 11.9 Å². The number of nitrogens with zero attached hydrogens (tertiary/aromatic N) is 2. The standard InChI is InChI=1S/C15H23N3O4S/c1-11(2)9-13(15(19)20)17-14-10-12(5-6-16-14)23(21,22)18-7-3-4-8-18/h5-6,10-11,13H,3-4,7-9H2,1-2H3,(H,16,17)(H,19,20)/t13-/m0/s1. The number of pyridine rings is 1. The van der Waals surface area contributed by atoms with E-state index in [-0.39, 0.29) is 16.6 Å². The van der Waals surface area contributed by atoms with E-state index in [1.165, 1.54) is 22.6 Å². The zero-order chi connectivity index (χ0) is 17.0. The fraction of sp³-hybridized carbons (Fsp3) is 0.600. The Morgan fingerprint density at radius 2 is 2.04 bits per heavy atom. The first-order valence-corrected chi connectivity index (χ1v) is 9.20. The number of hydrogen-bond acceptors (Lipinski definition) is 5. The van der Waals surface area contributed by atoms with Crippen molar-refractivity contribution in [2.45, 2.75) is 44.0 Å². The molecule has 1 aromatic rings. The highest BCUT2D eigenvalue weighted by Crippen LogP contribution is 2.22. The first kappa shape index (κ1) is 17.7. The molecule has 2 rings (SSSR count). The van der Waals surface area contributed by atoms with Crippen LogP contribution in [0.2, 0.25) is 0 Å². The van der Waals surface area contributed by atoms with Gasteiger partial charge in [-0.15, -0.1) is 0 Å². The number of carbonyl (C=O) groups is 1. The quantitative estimate of drug-likeness (QED) is 0.784. The predicted molar refractivity (Wildman–Crippen MR) is 86.7 cm³/mol. The van der Waals surface area contributed by atoms with Gasteiger partial charge in [-0.3, -0.25) is 0 Å². The molecule has 0 saturated carbocycles. The first-order valence-electron chi connectivity index (χ1n) is 7.76. The third kappa shape index (κ3) is 4.42. The molecule has 0 radical (unpaired) electrons. The Morgan fingerprint density at radius 1 is 1.39 bits per heavy atom. The van der Waals surface area contributed by atoms with Crippen LogP contribution in [0.3, 0.4) is 0 Å².